The highest BCUT2D eigenvalue weighted by atomic mass is 79.9. The molecule has 3 unspecified atom stereocenters. The maximum Gasteiger partial charge on any atom is 0.0449 e. The quantitative estimate of drug-likeness (QED) is 0.846. The fourth-order valence-corrected chi connectivity index (χ4v) is 3.91. The summed E-state index contributed by atoms with van der Waals surface area (Å²) in [4.78, 5) is 0. The van der Waals surface area contributed by atoms with E-state index in [1.807, 2.05) is 6.07 Å². The smallest absolute Gasteiger partial charge is 0.0449 e. The van der Waals surface area contributed by atoms with Crippen LogP contribution in [0.2, 0.25) is 5.02 Å². The number of hydrogen-bond donors (Lipinski definition) is 1. The summed E-state index contributed by atoms with van der Waals surface area (Å²) < 4.78 is 1.05. The normalized spacial score (nSPS) is 25.3. The minimum Gasteiger partial charge on any atom is -0.316 e. The molecule has 0 radical (unpaired) electrons. The van der Waals surface area contributed by atoms with Crippen LogP contribution in [0.4, 0.5) is 0 Å². The number of likely N-dealkylation sites (N-methyl/N-ethyl adjacent to an activating group) is 1. The highest BCUT2D eigenvalue weighted by molar-refractivity contribution is 9.10. The van der Waals surface area contributed by atoms with Gasteiger partial charge in [0, 0.05) is 15.5 Å². The maximum atomic E-state index is 6.32. The lowest BCUT2D eigenvalue weighted by atomic mass is 9.86. The number of nitrogens with one attached hydrogen (secondary N) is 1. The van der Waals surface area contributed by atoms with Gasteiger partial charge in [-0.05, 0) is 49.4 Å². The molecule has 1 saturated carbocycles. The van der Waals surface area contributed by atoms with Crippen LogP contribution in [0.1, 0.15) is 31.7 Å². The Morgan fingerprint density at radius 2 is 2.22 bits per heavy atom. The molecule has 100 valence electrons. The van der Waals surface area contributed by atoms with Crippen molar-refractivity contribution in [2.24, 2.45) is 11.8 Å². The van der Waals surface area contributed by atoms with Crippen LogP contribution in [-0.4, -0.2) is 13.1 Å². The Morgan fingerprint density at radius 3 is 2.78 bits per heavy atom. The van der Waals surface area contributed by atoms with Gasteiger partial charge in [-0.2, -0.15) is 0 Å². The third kappa shape index (κ3) is 3.28. The molecule has 0 saturated heterocycles. The lowest BCUT2D eigenvalue weighted by Crippen LogP contribution is -2.36. The predicted molar refractivity (Wildman–Crippen MR) is 82.2 cm³/mol. The topological polar surface area (TPSA) is 12.0 Å². The van der Waals surface area contributed by atoms with E-state index in [1.54, 1.807) is 0 Å². The SMILES string of the molecule is CNC(Cc1ccc(Br)cc1Cl)C1CCCC1C. The molecule has 2 rings (SSSR count). The van der Waals surface area contributed by atoms with E-state index in [9.17, 15) is 0 Å². The third-order valence-corrected chi connectivity index (χ3v) is 5.12. The summed E-state index contributed by atoms with van der Waals surface area (Å²) in [5.41, 5.74) is 1.25. The van der Waals surface area contributed by atoms with Crippen LogP contribution in [0.25, 0.3) is 0 Å². The Hall–Kier alpha value is -0.0500. The largest absolute Gasteiger partial charge is 0.316 e. The summed E-state index contributed by atoms with van der Waals surface area (Å²) in [5, 5.41) is 4.36. The van der Waals surface area contributed by atoms with Crippen molar-refractivity contribution in [3.63, 3.8) is 0 Å². The zero-order chi connectivity index (χ0) is 13.1. The van der Waals surface area contributed by atoms with Crippen molar-refractivity contribution in [1.82, 2.24) is 5.32 Å². The highest BCUT2D eigenvalue weighted by Gasteiger charge is 2.30. The summed E-state index contributed by atoms with van der Waals surface area (Å²) in [6.45, 7) is 2.38. The lowest BCUT2D eigenvalue weighted by molar-refractivity contribution is 0.308. The van der Waals surface area contributed by atoms with Crippen LogP contribution in [-0.2, 0) is 6.42 Å². The second kappa shape index (κ2) is 6.40. The van der Waals surface area contributed by atoms with E-state index in [0.717, 1.165) is 27.8 Å². The molecule has 1 aliphatic rings. The van der Waals surface area contributed by atoms with Gasteiger partial charge in [-0.15, -0.1) is 0 Å². The van der Waals surface area contributed by atoms with Gasteiger partial charge in [-0.25, -0.2) is 0 Å². The first-order valence-corrected chi connectivity index (χ1v) is 7.90. The summed E-state index contributed by atoms with van der Waals surface area (Å²) in [7, 11) is 2.07. The van der Waals surface area contributed by atoms with Crippen molar-refractivity contribution in [1.29, 1.82) is 0 Å². The average Bonchev–Trinajstić information content (AvgIpc) is 2.75. The highest BCUT2D eigenvalue weighted by Crippen LogP contribution is 2.35. The molecule has 0 aromatic heterocycles. The zero-order valence-electron chi connectivity index (χ0n) is 11.0. The van der Waals surface area contributed by atoms with Gasteiger partial charge >= 0.3 is 0 Å². The Bertz CT molecular complexity index is 407. The summed E-state index contributed by atoms with van der Waals surface area (Å²) in [6, 6.07) is 6.74. The monoisotopic (exact) mass is 329 g/mol. The van der Waals surface area contributed by atoms with Crippen molar-refractivity contribution in [3.05, 3.63) is 33.3 Å². The van der Waals surface area contributed by atoms with Gasteiger partial charge in [0.15, 0.2) is 0 Å². The van der Waals surface area contributed by atoms with Gasteiger partial charge < -0.3 is 5.32 Å². The summed E-state index contributed by atoms with van der Waals surface area (Å²) >= 11 is 9.77. The fraction of sp³-hybridized carbons (Fsp3) is 0.600. The van der Waals surface area contributed by atoms with Crippen molar-refractivity contribution < 1.29 is 0 Å². The lowest BCUT2D eigenvalue weighted by Gasteiger charge is -2.27. The first kappa shape index (κ1) is 14.4. The van der Waals surface area contributed by atoms with Crippen LogP contribution >= 0.6 is 27.5 Å². The van der Waals surface area contributed by atoms with Gasteiger partial charge in [0.25, 0.3) is 0 Å². The van der Waals surface area contributed by atoms with Crippen molar-refractivity contribution in [2.75, 3.05) is 7.05 Å². The van der Waals surface area contributed by atoms with E-state index in [4.69, 9.17) is 11.6 Å². The second-order valence-electron chi connectivity index (χ2n) is 5.41. The van der Waals surface area contributed by atoms with Crippen LogP contribution in [0.3, 0.4) is 0 Å². The van der Waals surface area contributed by atoms with E-state index in [0.29, 0.717) is 6.04 Å². The van der Waals surface area contributed by atoms with Crippen molar-refractivity contribution >= 4 is 27.5 Å². The van der Waals surface area contributed by atoms with Gasteiger partial charge in [-0.1, -0.05) is 53.4 Å². The molecule has 1 fully saturated rings. The van der Waals surface area contributed by atoms with Gasteiger partial charge in [0.2, 0.25) is 0 Å². The van der Waals surface area contributed by atoms with Crippen LogP contribution in [0.5, 0.6) is 0 Å². The van der Waals surface area contributed by atoms with Crippen LogP contribution in [0, 0.1) is 11.8 Å². The molecule has 1 aliphatic carbocycles. The standard InChI is InChI=1S/C15H21BrClN/c1-10-4-3-5-13(10)15(18-2)8-11-6-7-12(16)9-14(11)17/h6-7,9-10,13,15,18H,3-5,8H2,1-2H3. The van der Waals surface area contributed by atoms with E-state index >= 15 is 0 Å². The Labute approximate surface area is 123 Å². The van der Waals surface area contributed by atoms with E-state index in [1.165, 1.54) is 24.8 Å². The van der Waals surface area contributed by atoms with Crippen molar-refractivity contribution in [3.8, 4) is 0 Å². The van der Waals surface area contributed by atoms with Crippen LogP contribution in [0.15, 0.2) is 22.7 Å². The Balaban J connectivity index is 2.10. The molecule has 0 aliphatic heterocycles. The zero-order valence-corrected chi connectivity index (χ0v) is 13.4. The molecule has 0 heterocycles. The number of rotatable bonds is 4. The molecule has 1 aromatic carbocycles. The molecular weight excluding hydrogens is 310 g/mol. The van der Waals surface area contributed by atoms with Gasteiger partial charge in [-0.3, -0.25) is 0 Å². The summed E-state index contributed by atoms with van der Waals surface area (Å²) in [5.74, 6) is 1.62. The molecule has 0 spiro atoms. The minimum atomic E-state index is 0.543. The molecule has 0 bridgehead atoms. The Morgan fingerprint density at radius 1 is 1.44 bits per heavy atom. The molecule has 3 heteroatoms. The number of hydrogen-bond acceptors (Lipinski definition) is 1. The first-order chi connectivity index (χ1) is 8.61. The molecule has 3 atom stereocenters. The third-order valence-electron chi connectivity index (χ3n) is 4.27. The summed E-state index contributed by atoms with van der Waals surface area (Å²) in [6.07, 6.45) is 5.12. The van der Waals surface area contributed by atoms with Gasteiger partial charge in [0.05, 0.1) is 0 Å². The number of halogens is 2. The van der Waals surface area contributed by atoms with E-state index in [2.05, 4.69) is 47.4 Å². The molecular formula is C15H21BrClN. The minimum absolute atomic E-state index is 0.543. The predicted octanol–water partition coefficient (Wildman–Crippen LogP) is 4.67. The molecule has 0 amide bonds. The van der Waals surface area contributed by atoms with Gasteiger partial charge in [0.1, 0.15) is 0 Å². The average molecular weight is 331 g/mol. The molecule has 1 nitrogen and oxygen atoms in total. The fourth-order valence-electron chi connectivity index (χ4n) is 3.16. The van der Waals surface area contributed by atoms with Crippen LogP contribution < -0.4 is 5.32 Å². The molecule has 1 aromatic rings. The van der Waals surface area contributed by atoms with Crippen molar-refractivity contribution in [2.45, 2.75) is 38.6 Å². The first-order valence-electron chi connectivity index (χ1n) is 6.73. The molecule has 18 heavy (non-hydrogen) atoms. The number of benzene rings is 1. The van der Waals surface area contributed by atoms with E-state index in [-0.39, 0.29) is 0 Å². The molecule has 1 N–H and O–H groups in total. The second-order valence-corrected chi connectivity index (χ2v) is 6.73. The Kier molecular flexibility index (Phi) is 5.11. The maximum absolute atomic E-state index is 6.32. The van der Waals surface area contributed by atoms with E-state index < -0.39 is 0 Å².